The summed E-state index contributed by atoms with van der Waals surface area (Å²) < 4.78 is 0. The van der Waals surface area contributed by atoms with Gasteiger partial charge in [-0.15, -0.1) is 11.3 Å². The molecule has 0 saturated carbocycles. The Kier molecular flexibility index (Phi) is 4.77. The summed E-state index contributed by atoms with van der Waals surface area (Å²) in [4.78, 5) is 24.0. The maximum atomic E-state index is 11.9. The van der Waals surface area contributed by atoms with E-state index in [0.29, 0.717) is 5.02 Å². The Morgan fingerprint density at radius 2 is 2.10 bits per heavy atom. The molecule has 0 aliphatic rings. The van der Waals surface area contributed by atoms with Crippen LogP contribution < -0.4 is 5.32 Å². The fourth-order valence-corrected chi connectivity index (χ4v) is 2.68. The molecule has 4 nitrogen and oxygen atoms in total. The Bertz CT molecular complexity index is 721. The Hall–Kier alpha value is -2.11. The monoisotopic (exact) mass is 321 g/mol. The van der Waals surface area contributed by atoms with Gasteiger partial charge in [0.05, 0.1) is 11.3 Å². The summed E-state index contributed by atoms with van der Waals surface area (Å²) in [6, 6.07) is 6.19. The molecule has 0 spiro atoms. The van der Waals surface area contributed by atoms with Crippen LogP contribution in [0.1, 0.15) is 20.8 Å². The molecule has 0 fully saturated rings. The highest BCUT2D eigenvalue weighted by molar-refractivity contribution is 7.11. The van der Waals surface area contributed by atoms with Gasteiger partial charge in [0.2, 0.25) is 5.91 Å². The quantitative estimate of drug-likeness (QED) is 0.834. The number of halogens is 1. The predicted molar refractivity (Wildman–Crippen MR) is 85.1 cm³/mol. The molecule has 0 unspecified atom stereocenters. The molecule has 2 aromatic rings. The highest BCUT2D eigenvalue weighted by atomic mass is 35.5. The average molecular weight is 322 g/mol. The van der Waals surface area contributed by atoms with Crippen molar-refractivity contribution in [3.8, 4) is 0 Å². The number of carboxylic acids is 1. The van der Waals surface area contributed by atoms with E-state index in [1.54, 1.807) is 6.08 Å². The summed E-state index contributed by atoms with van der Waals surface area (Å²) in [5.74, 6) is -1.53. The van der Waals surface area contributed by atoms with Gasteiger partial charge >= 0.3 is 5.97 Å². The van der Waals surface area contributed by atoms with Gasteiger partial charge in [-0.05, 0) is 48.2 Å². The van der Waals surface area contributed by atoms with E-state index < -0.39 is 11.9 Å². The number of carbonyl (C=O) groups excluding carboxylic acids is 1. The van der Waals surface area contributed by atoms with Crippen LogP contribution in [0.4, 0.5) is 5.69 Å². The third-order valence-corrected chi connectivity index (χ3v) is 3.98. The molecule has 0 bridgehead atoms. The number of rotatable bonds is 4. The zero-order valence-corrected chi connectivity index (χ0v) is 12.7. The van der Waals surface area contributed by atoms with Gasteiger partial charge in [-0.2, -0.15) is 0 Å². The molecule has 0 saturated heterocycles. The molecule has 0 aliphatic carbocycles. The van der Waals surface area contributed by atoms with Gasteiger partial charge in [0.1, 0.15) is 0 Å². The first-order chi connectivity index (χ1) is 9.97. The largest absolute Gasteiger partial charge is 0.478 e. The second-order valence-corrected chi connectivity index (χ2v) is 5.67. The van der Waals surface area contributed by atoms with Crippen molar-refractivity contribution >= 4 is 46.6 Å². The normalized spacial score (nSPS) is 10.8. The lowest BCUT2D eigenvalue weighted by Gasteiger charge is -2.07. The van der Waals surface area contributed by atoms with Crippen LogP contribution in [0.2, 0.25) is 5.02 Å². The number of nitrogens with one attached hydrogen (secondary N) is 1. The molecule has 2 rings (SSSR count). The number of hydrogen-bond donors (Lipinski definition) is 2. The number of amides is 1. The van der Waals surface area contributed by atoms with Gasteiger partial charge in [0.15, 0.2) is 0 Å². The van der Waals surface area contributed by atoms with Crippen molar-refractivity contribution < 1.29 is 14.7 Å². The standard InChI is InChI=1S/C15H12ClNO3S/c1-9-6-7-21-13(9)4-5-14(18)17-12-8-10(16)2-3-11(12)15(19)20/h2-8H,1H3,(H,17,18)(H,19,20)/b5-4+. The van der Waals surface area contributed by atoms with E-state index in [1.165, 1.54) is 35.6 Å². The van der Waals surface area contributed by atoms with E-state index in [1.807, 2.05) is 18.4 Å². The molecule has 0 aliphatic heterocycles. The third kappa shape index (κ3) is 3.93. The number of aryl methyl sites for hydroxylation is 1. The number of hydrogen-bond acceptors (Lipinski definition) is 3. The summed E-state index contributed by atoms with van der Waals surface area (Å²) in [7, 11) is 0. The molecule has 1 amide bonds. The summed E-state index contributed by atoms with van der Waals surface area (Å²) in [5.41, 5.74) is 1.25. The Labute approximate surface area is 130 Å². The molecule has 0 radical (unpaired) electrons. The number of anilines is 1. The lowest BCUT2D eigenvalue weighted by Crippen LogP contribution is -2.12. The van der Waals surface area contributed by atoms with E-state index in [4.69, 9.17) is 16.7 Å². The number of aromatic carboxylic acids is 1. The summed E-state index contributed by atoms with van der Waals surface area (Å²) in [5, 5.41) is 13.9. The average Bonchev–Trinajstić information content (AvgIpc) is 2.81. The maximum Gasteiger partial charge on any atom is 0.337 e. The van der Waals surface area contributed by atoms with Gasteiger partial charge in [0.25, 0.3) is 0 Å². The van der Waals surface area contributed by atoms with Gasteiger partial charge < -0.3 is 10.4 Å². The Morgan fingerprint density at radius 1 is 1.33 bits per heavy atom. The van der Waals surface area contributed by atoms with Crippen molar-refractivity contribution in [2.45, 2.75) is 6.92 Å². The van der Waals surface area contributed by atoms with Crippen molar-refractivity contribution in [2.75, 3.05) is 5.32 Å². The SMILES string of the molecule is Cc1ccsc1/C=C/C(=O)Nc1cc(Cl)ccc1C(=O)O. The van der Waals surface area contributed by atoms with Crippen molar-refractivity contribution in [2.24, 2.45) is 0 Å². The van der Waals surface area contributed by atoms with Crippen LogP contribution in [0.5, 0.6) is 0 Å². The lowest BCUT2D eigenvalue weighted by molar-refractivity contribution is -0.111. The van der Waals surface area contributed by atoms with Gasteiger partial charge in [-0.1, -0.05) is 11.6 Å². The van der Waals surface area contributed by atoms with E-state index in [-0.39, 0.29) is 11.3 Å². The fraction of sp³-hybridized carbons (Fsp3) is 0.0667. The first-order valence-electron chi connectivity index (χ1n) is 6.03. The molecular formula is C15H12ClNO3S. The van der Waals surface area contributed by atoms with Crippen molar-refractivity contribution in [3.63, 3.8) is 0 Å². The lowest BCUT2D eigenvalue weighted by atomic mass is 10.2. The Balaban J connectivity index is 2.16. The van der Waals surface area contributed by atoms with Crippen LogP contribution >= 0.6 is 22.9 Å². The number of carboxylic acid groups (broad SMARTS) is 1. The molecule has 2 N–H and O–H groups in total. The molecule has 1 heterocycles. The molecule has 6 heteroatoms. The first-order valence-corrected chi connectivity index (χ1v) is 7.29. The van der Waals surface area contributed by atoms with Crippen molar-refractivity contribution in [1.29, 1.82) is 0 Å². The first kappa shape index (κ1) is 15.3. The highest BCUT2D eigenvalue weighted by Gasteiger charge is 2.12. The van der Waals surface area contributed by atoms with Crippen LogP contribution in [-0.4, -0.2) is 17.0 Å². The molecule has 1 aromatic carbocycles. The van der Waals surface area contributed by atoms with Crippen LogP contribution in [0.25, 0.3) is 6.08 Å². The second kappa shape index (κ2) is 6.56. The van der Waals surface area contributed by atoms with E-state index in [9.17, 15) is 9.59 Å². The topological polar surface area (TPSA) is 66.4 Å². The van der Waals surface area contributed by atoms with Crippen molar-refractivity contribution in [3.05, 3.63) is 56.7 Å². The highest BCUT2D eigenvalue weighted by Crippen LogP contribution is 2.22. The zero-order chi connectivity index (χ0) is 15.4. The van der Waals surface area contributed by atoms with Crippen LogP contribution in [-0.2, 0) is 4.79 Å². The summed E-state index contributed by atoms with van der Waals surface area (Å²) in [6.45, 7) is 1.95. The Morgan fingerprint density at radius 3 is 2.71 bits per heavy atom. The van der Waals surface area contributed by atoms with E-state index in [2.05, 4.69) is 5.32 Å². The second-order valence-electron chi connectivity index (χ2n) is 4.29. The van der Waals surface area contributed by atoms with Gasteiger partial charge in [-0.25, -0.2) is 4.79 Å². The number of thiophene rings is 1. The number of carbonyl (C=O) groups is 2. The third-order valence-electron chi connectivity index (χ3n) is 2.76. The van der Waals surface area contributed by atoms with Crippen LogP contribution in [0.15, 0.2) is 35.7 Å². The maximum absolute atomic E-state index is 11.9. The summed E-state index contributed by atoms with van der Waals surface area (Å²) in [6.07, 6.45) is 3.06. The minimum absolute atomic E-state index is 0.00606. The minimum atomic E-state index is -1.12. The fourth-order valence-electron chi connectivity index (χ4n) is 1.69. The van der Waals surface area contributed by atoms with Gasteiger partial charge in [-0.3, -0.25) is 4.79 Å². The van der Waals surface area contributed by atoms with E-state index >= 15 is 0 Å². The molecule has 21 heavy (non-hydrogen) atoms. The molecule has 1 aromatic heterocycles. The van der Waals surface area contributed by atoms with Crippen LogP contribution in [0, 0.1) is 6.92 Å². The van der Waals surface area contributed by atoms with Crippen LogP contribution in [0.3, 0.4) is 0 Å². The summed E-state index contributed by atoms with van der Waals surface area (Å²) >= 11 is 7.35. The predicted octanol–water partition coefficient (Wildman–Crippen LogP) is 4.06. The smallest absolute Gasteiger partial charge is 0.337 e. The molecule has 108 valence electrons. The van der Waals surface area contributed by atoms with Crippen molar-refractivity contribution in [1.82, 2.24) is 0 Å². The zero-order valence-electron chi connectivity index (χ0n) is 11.1. The molecule has 0 atom stereocenters. The number of benzene rings is 1. The van der Waals surface area contributed by atoms with E-state index in [0.717, 1.165) is 10.4 Å². The molecular weight excluding hydrogens is 310 g/mol. The van der Waals surface area contributed by atoms with Gasteiger partial charge in [0, 0.05) is 16.0 Å². The minimum Gasteiger partial charge on any atom is -0.478 e.